The van der Waals surface area contributed by atoms with Crippen LogP contribution in [-0.2, 0) is 5.75 Å². The first kappa shape index (κ1) is 13.6. The van der Waals surface area contributed by atoms with Gasteiger partial charge in [-0.1, -0.05) is 44.2 Å². The van der Waals surface area contributed by atoms with Gasteiger partial charge in [0, 0.05) is 5.75 Å². The summed E-state index contributed by atoms with van der Waals surface area (Å²) in [5, 5.41) is 0. The van der Waals surface area contributed by atoms with Crippen LogP contribution in [-0.4, -0.2) is 12.3 Å². The molecule has 0 heterocycles. The summed E-state index contributed by atoms with van der Waals surface area (Å²) in [5.41, 5.74) is 7.44. The quantitative estimate of drug-likeness (QED) is 0.732. The smallest absolute Gasteiger partial charge is 0.0184 e. The highest BCUT2D eigenvalue weighted by molar-refractivity contribution is 7.98. The maximum absolute atomic E-state index is 5.71. The molecule has 2 heteroatoms. The van der Waals surface area contributed by atoms with E-state index in [1.807, 2.05) is 11.8 Å². The lowest BCUT2D eigenvalue weighted by Crippen LogP contribution is -2.23. The molecule has 0 aliphatic rings. The highest BCUT2D eigenvalue weighted by Gasteiger charge is 2.14. The predicted molar refractivity (Wildman–Crippen MR) is 74.7 cm³/mol. The van der Waals surface area contributed by atoms with Crippen LogP contribution in [0.15, 0.2) is 30.3 Å². The third-order valence-corrected chi connectivity index (χ3v) is 3.92. The monoisotopic (exact) mass is 237 g/mol. The highest BCUT2D eigenvalue weighted by atomic mass is 32.2. The van der Waals surface area contributed by atoms with Crippen molar-refractivity contribution in [2.45, 2.75) is 32.4 Å². The van der Waals surface area contributed by atoms with Gasteiger partial charge < -0.3 is 5.73 Å². The number of benzene rings is 1. The summed E-state index contributed by atoms with van der Waals surface area (Å²) >= 11 is 2.02. The minimum absolute atomic E-state index is 0.313. The minimum atomic E-state index is 0.313. The summed E-state index contributed by atoms with van der Waals surface area (Å²) in [4.78, 5) is 0. The number of nitrogens with two attached hydrogens (primary N) is 1. The molecule has 0 aliphatic carbocycles. The highest BCUT2D eigenvalue weighted by Crippen LogP contribution is 2.22. The molecule has 0 fully saturated rings. The average Bonchev–Trinajstić information content (AvgIpc) is 2.30. The van der Waals surface area contributed by atoms with Gasteiger partial charge in [0.15, 0.2) is 0 Å². The van der Waals surface area contributed by atoms with E-state index in [4.69, 9.17) is 5.73 Å². The Morgan fingerprint density at radius 1 is 1.19 bits per heavy atom. The summed E-state index contributed by atoms with van der Waals surface area (Å²) in [7, 11) is 0. The zero-order valence-electron chi connectivity index (χ0n) is 10.4. The normalized spacial score (nSPS) is 11.7. The second-order valence-electron chi connectivity index (χ2n) is 5.01. The Morgan fingerprint density at radius 2 is 1.88 bits per heavy atom. The Bertz CT molecular complexity index is 282. The van der Waals surface area contributed by atoms with E-state index in [9.17, 15) is 0 Å². The van der Waals surface area contributed by atoms with Gasteiger partial charge in [-0.25, -0.2) is 0 Å². The molecule has 1 aromatic rings. The fourth-order valence-corrected chi connectivity index (χ4v) is 2.44. The van der Waals surface area contributed by atoms with Gasteiger partial charge in [0.25, 0.3) is 0 Å². The maximum Gasteiger partial charge on any atom is 0.0184 e. The number of rotatable bonds is 7. The minimum Gasteiger partial charge on any atom is -0.330 e. The van der Waals surface area contributed by atoms with Crippen LogP contribution in [0.1, 0.15) is 32.3 Å². The first-order valence-electron chi connectivity index (χ1n) is 5.96. The summed E-state index contributed by atoms with van der Waals surface area (Å²) in [5.74, 6) is 2.36. The van der Waals surface area contributed by atoms with Gasteiger partial charge in [0.05, 0.1) is 0 Å². The molecule has 0 spiro atoms. The molecule has 0 aromatic heterocycles. The maximum atomic E-state index is 5.71. The van der Waals surface area contributed by atoms with E-state index in [0.29, 0.717) is 5.41 Å². The van der Waals surface area contributed by atoms with E-state index in [1.165, 1.54) is 24.2 Å². The Hall–Kier alpha value is -0.470. The van der Waals surface area contributed by atoms with Crippen molar-refractivity contribution in [3.63, 3.8) is 0 Å². The molecule has 0 amide bonds. The van der Waals surface area contributed by atoms with Crippen molar-refractivity contribution in [1.82, 2.24) is 0 Å². The lowest BCUT2D eigenvalue weighted by molar-refractivity contribution is 0.345. The van der Waals surface area contributed by atoms with Crippen molar-refractivity contribution in [1.29, 1.82) is 0 Å². The molecule has 90 valence electrons. The summed E-state index contributed by atoms with van der Waals surface area (Å²) in [6, 6.07) is 10.7. The van der Waals surface area contributed by atoms with E-state index >= 15 is 0 Å². The van der Waals surface area contributed by atoms with Gasteiger partial charge in [-0.15, -0.1) is 0 Å². The molecule has 0 saturated heterocycles. The van der Waals surface area contributed by atoms with Crippen LogP contribution in [0.2, 0.25) is 0 Å². The molecule has 2 N–H and O–H groups in total. The van der Waals surface area contributed by atoms with Crippen LogP contribution in [0.4, 0.5) is 0 Å². The van der Waals surface area contributed by atoms with Crippen molar-refractivity contribution in [3.8, 4) is 0 Å². The van der Waals surface area contributed by atoms with E-state index in [2.05, 4.69) is 44.2 Å². The van der Waals surface area contributed by atoms with Crippen molar-refractivity contribution in [2.24, 2.45) is 11.1 Å². The zero-order chi connectivity index (χ0) is 11.9. The first-order chi connectivity index (χ1) is 7.64. The topological polar surface area (TPSA) is 26.0 Å². The molecule has 0 saturated carbocycles. The lowest BCUT2D eigenvalue weighted by atomic mass is 9.88. The van der Waals surface area contributed by atoms with Crippen molar-refractivity contribution in [3.05, 3.63) is 35.9 Å². The molecule has 0 unspecified atom stereocenters. The molecule has 0 bridgehead atoms. The van der Waals surface area contributed by atoms with Crippen LogP contribution in [0.25, 0.3) is 0 Å². The Kier molecular flexibility index (Phi) is 5.93. The predicted octanol–water partition coefficient (Wildman–Crippen LogP) is 3.68. The fraction of sp³-hybridized carbons (Fsp3) is 0.571. The van der Waals surface area contributed by atoms with Crippen LogP contribution in [0, 0.1) is 5.41 Å². The van der Waals surface area contributed by atoms with E-state index in [-0.39, 0.29) is 0 Å². The fourth-order valence-electron chi connectivity index (χ4n) is 1.52. The number of thioether (sulfide) groups is 1. The van der Waals surface area contributed by atoms with Gasteiger partial charge in [0.1, 0.15) is 0 Å². The second kappa shape index (κ2) is 6.97. The van der Waals surface area contributed by atoms with Crippen molar-refractivity contribution < 1.29 is 0 Å². The molecule has 0 radical (unpaired) electrons. The van der Waals surface area contributed by atoms with Gasteiger partial charge >= 0.3 is 0 Å². The van der Waals surface area contributed by atoms with E-state index in [0.717, 1.165) is 12.3 Å². The van der Waals surface area contributed by atoms with E-state index in [1.54, 1.807) is 0 Å². The van der Waals surface area contributed by atoms with Crippen molar-refractivity contribution >= 4 is 11.8 Å². The van der Waals surface area contributed by atoms with Crippen LogP contribution < -0.4 is 5.73 Å². The van der Waals surface area contributed by atoms with Gasteiger partial charge in [0.2, 0.25) is 0 Å². The van der Waals surface area contributed by atoms with Gasteiger partial charge in [-0.2, -0.15) is 11.8 Å². The Labute approximate surface area is 104 Å². The van der Waals surface area contributed by atoms with Crippen LogP contribution in [0.5, 0.6) is 0 Å². The molecular weight excluding hydrogens is 214 g/mol. The number of hydrogen-bond donors (Lipinski definition) is 1. The van der Waals surface area contributed by atoms with Gasteiger partial charge in [-0.05, 0) is 36.1 Å². The summed E-state index contributed by atoms with van der Waals surface area (Å²) in [6.45, 7) is 5.28. The van der Waals surface area contributed by atoms with Crippen LogP contribution >= 0.6 is 11.8 Å². The second-order valence-corrected chi connectivity index (χ2v) is 6.12. The molecule has 0 atom stereocenters. The number of hydrogen-bond acceptors (Lipinski definition) is 2. The Balaban J connectivity index is 2.09. The van der Waals surface area contributed by atoms with E-state index < -0.39 is 0 Å². The first-order valence-corrected chi connectivity index (χ1v) is 7.11. The third-order valence-electron chi connectivity index (χ3n) is 2.81. The largest absolute Gasteiger partial charge is 0.330 e. The lowest BCUT2D eigenvalue weighted by Gasteiger charge is -2.21. The third kappa shape index (κ3) is 5.57. The summed E-state index contributed by atoms with van der Waals surface area (Å²) in [6.07, 6.45) is 2.49. The molecule has 1 nitrogen and oxygen atoms in total. The Morgan fingerprint density at radius 3 is 2.50 bits per heavy atom. The van der Waals surface area contributed by atoms with Crippen LogP contribution in [0.3, 0.4) is 0 Å². The summed E-state index contributed by atoms with van der Waals surface area (Å²) < 4.78 is 0. The molecular formula is C14H23NS. The molecule has 0 aliphatic heterocycles. The molecule has 1 rings (SSSR count). The standard InChI is InChI=1S/C14H23NS/c1-14(2,12-15)9-6-10-16-11-13-7-4-3-5-8-13/h3-5,7-8H,6,9-12,15H2,1-2H3. The van der Waals surface area contributed by atoms with Crippen molar-refractivity contribution in [2.75, 3.05) is 12.3 Å². The molecule has 1 aromatic carbocycles. The van der Waals surface area contributed by atoms with Gasteiger partial charge in [-0.3, -0.25) is 0 Å². The SMILES string of the molecule is CC(C)(CN)CCCSCc1ccccc1. The average molecular weight is 237 g/mol. The zero-order valence-corrected chi connectivity index (χ0v) is 11.2. The molecule has 16 heavy (non-hydrogen) atoms.